The first-order chi connectivity index (χ1) is 15.7. The minimum Gasteiger partial charge on any atom is -0.478 e. The predicted octanol–water partition coefficient (Wildman–Crippen LogP) is 3.23. The highest BCUT2D eigenvalue weighted by atomic mass is 32.2. The number of hydrogen-bond donors (Lipinski definition) is 2. The Bertz CT molecular complexity index is 1280. The van der Waals surface area contributed by atoms with Crippen molar-refractivity contribution in [2.45, 2.75) is 23.7 Å². The highest BCUT2D eigenvalue weighted by Gasteiger charge is 2.24. The third kappa shape index (κ3) is 4.99. The van der Waals surface area contributed by atoms with E-state index in [0.29, 0.717) is 36.8 Å². The molecule has 0 radical (unpaired) electrons. The van der Waals surface area contributed by atoms with E-state index in [1.807, 2.05) is 4.72 Å². The molecule has 0 saturated carbocycles. The van der Waals surface area contributed by atoms with Crippen molar-refractivity contribution in [3.05, 3.63) is 71.8 Å². The van der Waals surface area contributed by atoms with Crippen molar-refractivity contribution in [2.24, 2.45) is 0 Å². The average molecular weight is 476 g/mol. The van der Waals surface area contributed by atoms with Gasteiger partial charge in [0.25, 0.3) is 15.8 Å². The molecule has 172 valence electrons. The van der Waals surface area contributed by atoms with Gasteiger partial charge in [-0.2, -0.15) is 0 Å². The molecule has 1 aliphatic rings. The van der Waals surface area contributed by atoms with Crippen LogP contribution in [0.1, 0.15) is 34.9 Å². The molecule has 3 N–H and O–H groups in total. The summed E-state index contributed by atoms with van der Waals surface area (Å²) in [5.74, 6) is -2.95. The molecule has 1 saturated heterocycles. The zero-order valence-corrected chi connectivity index (χ0v) is 18.0. The number of carboxylic acids is 1. The number of nitrogens with one attached hydrogen (secondary N) is 2. The van der Waals surface area contributed by atoms with Gasteiger partial charge in [-0.25, -0.2) is 27.0 Å². The molecule has 0 amide bonds. The molecule has 0 unspecified atom stereocenters. The fourth-order valence-electron chi connectivity index (χ4n) is 3.54. The lowest BCUT2D eigenvalue weighted by Gasteiger charge is -2.17. The highest BCUT2D eigenvalue weighted by Crippen LogP contribution is 2.26. The summed E-state index contributed by atoms with van der Waals surface area (Å²) in [7, 11) is -4.25. The SMILES string of the molecule is O=C(O)c1cc(F)c(NS(=O)(=O)c2ccc(-c3cnc(C4CCOCC4)[nH+]c3)cc2)cc1F. The molecule has 4 rings (SSSR count). The van der Waals surface area contributed by atoms with Gasteiger partial charge in [-0.05, 0) is 36.6 Å². The number of rotatable bonds is 6. The van der Waals surface area contributed by atoms with Crippen molar-refractivity contribution in [3.8, 4) is 11.1 Å². The number of aromatic nitrogens is 2. The standard InChI is InChI=1S/C22H19F2N3O5S/c23-18-10-20(19(24)9-17(18)22(28)29)27-33(30,31)16-3-1-13(2-4-16)15-11-25-21(26-12-15)14-5-7-32-8-6-14/h1-4,9-12,14,27H,5-8H2,(H,28,29)/p+1. The zero-order chi connectivity index (χ0) is 23.6. The fraction of sp³-hybridized carbons (Fsp3) is 0.227. The van der Waals surface area contributed by atoms with Crippen molar-refractivity contribution >= 4 is 21.7 Å². The molecule has 2 aromatic carbocycles. The number of carbonyl (C=O) groups is 1. The lowest BCUT2D eigenvalue weighted by molar-refractivity contribution is -0.398. The van der Waals surface area contributed by atoms with Crippen molar-refractivity contribution < 1.29 is 36.8 Å². The second-order valence-electron chi connectivity index (χ2n) is 7.52. The summed E-state index contributed by atoms with van der Waals surface area (Å²) in [6.45, 7) is 1.40. The van der Waals surface area contributed by atoms with Gasteiger partial charge in [-0.15, -0.1) is 0 Å². The summed E-state index contributed by atoms with van der Waals surface area (Å²) < 4.78 is 60.5. The van der Waals surface area contributed by atoms with Gasteiger partial charge in [0.2, 0.25) is 0 Å². The Kier molecular flexibility index (Phi) is 6.34. The van der Waals surface area contributed by atoms with Gasteiger partial charge in [0.05, 0.1) is 33.8 Å². The number of aromatic carboxylic acids is 1. The Morgan fingerprint density at radius 3 is 2.39 bits per heavy atom. The van der Waals surface area contributed by atoms with Crippen LogP contribution in [0.4, 0.5) is 14.5 Å². The number of ether oxygens (including phenoxy) is 1. The number of nitrogens with zero attached hydrogens (tertiary/aromatic N) is 1. The Hall–Kier alpha value is -3.44. The van der Waals surface area contributed by atoms with Crippen molar-refractivity contribution in [1.29, 1.82) is 0 Å². The van der Waals surface area contributed by atoms with E-state index in [2.05, 4.69) is 9.97 Å². The summed E-state index contributed by atoms with van der Waals surface area (Å²) in [4.78, 5) is 18.4. The van der Waals surface area contributed by atoms with E-state index < -0.39 is 38.9 Å². The third-order valence-corrected chi connectivity index (χ3v) is 6.74. The number of sulfonamides is 1. The number of benzene rings is 2. The summed E-state index contributed by atoms with van der Waals surface area (Å²) in [6, 6.07) is 6.70. The maximum atomic E-state index is 14.1. The molecule has 8 nitrogen and oxygen atoms in total. The molecule has 0 aliphatic carbocycles. The molecule has 0 atom stereocenters. The summed E-state index contributed by atoms with van der Waals surface area (Å²) in [5.41, 5.74) is -0.128. The van der Waals surface area contributed by atoms with E-state index in [0.717, 1.165) is 24.2 Å². The molecule has 1 aromatic heterocycles. The number of aromatic amines is 1. The average Bonchev–Trinajstić information content (AvgIpc) is 2.81. The smallest absolute Gasteiger partial charge is 0.338 e. The molecular formula is C22H20F2N3O5S+. The van der Waals surface area contributed by atoms with E-state index in [-0.39, 0.29) is 4.90 Å². The second-order valence-corrected chi connectivity index (χ2v) is 9.20. The Labute approximate surface area is 188 Å². The first-order valence-corrected chi connectivity index (χ1v) is 11.5. The first kappa shape index (κ1) is 22.7. The number of hydrogen-bond acceptors (Lipinski definition) is 5. The van der Waals surface area contributed by atoms with E-state index in [4.69, 9.17) is 9.84 Å². The highest BCUT2D eigenvalue weighted by molar-refractivity contribution is 7.92. The third-order valence-electron chi connectivity index (χ3n) is 5.36. The number of halogens is 2. The Morgan fingerprint density at radius 2 is 1.79 bits per heavy atom. The Balaban J connectivity index is 1.51. The van der Waals surface area contributed by atoms with Gasteiger partial charge in [-0.1, -0.05) is 17.1 Å². The minimum atomic E-state index is -4.25. The van der Waals surface area contributed by atoms with Crippen molar-refractivity contribution in [3.63, 3.8) is 0 Å². The van der Waals surface area contributed by atoms with Crippen LogP contribution in [0.3, 0.4) is 0 Å². The topological polar surface area (TPSA) is 120 Å². The second kappa shape index (κ2) is 9.20. The van der Waals surface area contributed by atoms with E-state index >= 15 is 0 Å². The molecule has 0 spiro atoms. The lowest BCUT2D eigenvalue weighted by atomic mass is 9.99. The maximum absolute atomic E-state index is 14.1. The Morgan fingerprint density at radius 1 is 1.09 bits per heavy atom. The zero-order valence-electron chi connectivity index (χ0n) is 17.2. The molecule has 2 heterocycles. The monoisotopic (exact) mass is 476 g/mol. The van der Waals surface area contributed by atoms with E-state index in [9.17, 15) is 22.0 Å². The first-order valence-electron chi connectivity index (χ1n) is 10.1. The normalized spacial score (nSPS) is 14.7. The number of carboxylic acid groups (broad SMARTS) is 1. The van der Waals surface area contributed by atoms with Crippen molar-refractivity contribution in [2.75, 3.05) is 17.9 Å². The van der Waals surface area contributed by atoms with Crippen LogP contribution in [-0.4, -0.2) is 37.7 Å². The van der Waals surface area contributed by atoms with Crippen LogP contribution in [-0.2, 0) is 14.8 Å². The molecule has 1 aliphatic heterocycles. The fourth-order valence-corrected chi connectivity index (χ4v) is 4.59. The van der Waals surface area contributed by atoms with Gasteiger partial charge >= 0.3 is 5.97 Å². The van der Waals surface area contributed by atoms with Gasteiger partial charge in [0.15, 0.2) is 6.20 Å². The van der Waals surface area contributed by atoms with E-state index in [1.165, 1.54) is 12.1 Å². The molecule has 33 heavy (non-hydrogen) atoms. The van der Waals surface area contributed by atoms with Crippen LogP contribution in [0.2, 0.25) is 0 Å². The minimum absolute atomic E-state index is 0.177. The number of H-pyrrole nitrogens is 1. The summed E-state index contributed by atoms with van der Waals surface area (Å²) in [5, 5.41) is 8.84. The number of anilines is 1. The lowest BCUT2D eigenvalue weighted by Crippen LogP contribution is -2.23. The molecule has 1 fully saturated rings. The molecule has 0 bridgehead atoms. The maximum Gasteiger partial charge on any atom is 0.338 e. The van der Waals surface area contributed by atoms with Crippen LogP contribution in [0.15, 0.2) is 53.7 Å². The van der Waals surface area contributed by atoms with Crippen LogP contribution in [0.5, 0.6) is 0 Å². The predicted molar refractivity (Wildman–Crippen MR) is 113 cm³/mol. The summed E-state index contributed by atoms with van der Waals surface area (Å²) in [6.07, 6.45) is 5.28. The van der Waals surface area contributed by atoms with Crippen LogP contribution in [0, 0.1) is 11.6 Å². The van der Waals surface area contributed by atoms with Crippen LogP contribution < -0.4 is 9.71 Å². The molecule has 3 aromatic rings. The van der Waals surface area contributed by atoms with Crippen molar-refractivity contribution in [1.82, 2.24) is 4.98 Å². The van der Waals surface area contributed by atoms with Gasteiger partial charge < -0.3 is 9.84 Å². The van der Waals surface area contributed by atoms with E-state index in [1.54, 1.807) is 24.5 Å². The summed E-state index contributed by atoms with van der Waals surface area (Å²) >= 11 is 0. The quantitative estimate of drug-likeness (QED) is 0.564. The van der Waals surface area contributed by atoms with Gasteiger partial charge in [-0.3, -0.25) is 4.72 Å². The van der Waals surface area contributed by atoms with Crippen LogP contribution >= 0.6 is 0 Å². The largest absolute Gasteiger partial charge is 0.478 e. The van der Waals surface area contributed by atoms with Gasteiger partial charge in [0.1, 0.15) is 11.6 Å². The van der Waals surface area contributed by atoms with Gasteiger partial charge in [0, 0.05) is 19.3 Å². The molecular weight excluding hydrogens is 456 g/mol. The molecule has 11 heteroatoms. The van der Waals surface area contributed by atoms with Crippen LogP contribution in [0.25, 0.3) is 11.1 Å².